The lowest BCUT2D eigenvalue weighted by Crippen LogP contribution is -2.17. The fourth-order valence-corrected chi connectivity index (χ4v) is 1.41. The van der Waals surface area contributed by atoms with Crippen LogP contribution in [0.2, 0.25) is 0 Å². The van der Waals surface area contributed by atoms with Crippen LogP contribution in [0.5, 0.6) is 11.5 Å². The van der Waals surface area contributed by atoms with E-state index in [1.165, 1.54) is 30.3 Å². The van der Waals surface area contributed by atoms with Gasteiger partial charge in [0, 0.05) is 0 Å². The zero-order chi connectivity index (χ0) is 14.6. The van der Waals surface area contributed by atoms with Crippen LogP contribution >= 0.6 is 0 Å². The van der Waals surface area contributed by atoms with Gasteiger partial charge in [0.2, 0.25) is 0 Å². The van der Waals surface area contributed by atoms with Gasteiger partial charge in [-0.15, -0.1) is 23.4 Å². The molecule has 0 saturated heterocycles. The molecule has 0 saturated carbocycles. The molecule has 2 aromatic carbocycles. The minimum Gasteiger partial charge on any atom is -0.506 e. The normalized spacial score (nSPS) is 11.8. The Morgan fingerprint density at radius 2 is 1.40 bits per heavy atom. The zero-order valence-corrected chi connectivity index (χ0v) is 10.0. The van der Waals surface area contributed by atoms with E-state index >= 15 is 0 Å². The first-order valence-electron chi connectivity index (χ1n) is 5.50. The van der Waals surface area contributed by atoms with Gasteiger partial charge < -0.3 is 9.84 Å². The smallest absolute Gasteiger partial charge is 0.506 e. The quantitative estimate of drug-likeness (QED) is 0.829. The molecule has 4 nitrogen and oxygen atoms in total. The summed E-state index contributed by atoms with van der Waals surface area (Å²) >= 11 is 0. The number of benzene rings is 2. The summed E-state index contributed by atoms with van der Waals surface area (Å²) in [5, 5.41) is 16.8. The van der Waals surface area contributed by atoms with Crippen molar-refractivity contribution in [2.75, 3.05) is 0 Å². The Bertz CT molecular complexity index is 627. The Balaban J connectivity index is 2.28. The molecule has 0 radical (unpaired) electrons. The highest BCUT2D eigenvalue weighted by atomic mass is 19.4. The summed E-state index contributed by atoms with van der Waals surface area (Å²) < 4.78 is 40.5. The average molecular weight is 282 g/mol. The number of para-hydroxylation sites is 2. The Hall–Kier alpha value is -2.57. The second-order valence-corrected chi connectivity index (χ2v) is 3.70. The van der Waals surface area contributed by atoms with Crippen molar-refractivity contribution in [2.45, 2.75) is 6.36 Å². The lowest BCUT2D eigenvalue weighted by Gasteiger charge is -2.09. The number of ether oxygens (including phenoxy) is 1. The molecule has 0 aromatic heterocycles. The van der Waals surface area contributed by atoms with E-state index in [1.54, 1.807) is 12.1 Å². The van der Waals surface area contributed by atoms with E-state index < -0.39 is 12.1 Å². The van der Waals surface area contributed by atoms with Gasteiger partial charge in [-0.3, -0.25) is 0 Å². The molecule has 0 aliphatic heterocycles. The number of nitrogens with zero attached hydrogens (tertiary/aromatic N) is 2. The van der Waals surface area contributed by atoms with Crippen LogP contribution in [0.15, 0.2) is 58.8 Å². The maximum atomic E-state index is 12.2. The molecule has 0 unspecified atom stereocenters. The number of halogens is 3. The predicted molar refractivity (Wildman–Crippen MR) is 65.4 cm³/mol. The van der Waals surface area contributed by atoms with E-state index in [1.807, 2.05) is 0 Å². The number of hydrogen-bond acceptors (Lipinski definition) is 4. The van der Waals surface area contributed by atoms with E-state index in [9.17, 15) is 18.3 Å². The largest absolute Gasteiger partial charge is 0.573 e. The number of aromatic hydroxyl groups is 1. The molecular weight excluding hydrogens is 273 g/mol. The summed E-state index contributed by atoms with van der Waals surface area (Å²) in [6, 6.07) is 11.4. The Labute approximate surface area is 112 Å². The van der Waals surface area contributed by atoms with Crippen molar-refractivity contribution in [3.8, 4) is 11.5 Å². The minimum atomic E-state index is -4.81. The maximum Gasteiger partial charge on any atom is 0.573 e. The second-order valence-electron chi connectivity index (χ2n) is 3.70. The molecule has 0 heterocycles. The highest BCUT2D eigenvalue weighted by molar-refractivity contribution is 5.53. The SMILES string of the molecule is Oc1ccccc1/N=N/c1ccccc1OC(F)(F)F. The topological polar surface area (TPSA) is 54.2 Å². The van der Waals surface area contributed by atoms with Gasteiger partial charge in [0.05, 0.1) is 0 Å². The van der Waals surface area contributed by atoms with Crippen LogP contribution in [0.25, 0.3) is 0 Å². The van der Waals surface area contributed by atoms with Crippen molar-refractivity contribution in [1.82, 2.24) is 0 Å². The Morgan fingerprint density at radius 1 is 0.850 bits per heavy atom. The maximum absolute atomic E-state index is 12.2. The van der Waals surface area contributed by atoms with E-state index in [4.69, 9.17) is 0 Å². The highest BCUT2D eigenvalue weighted by Crippen LogP contribution is 2.34. The van der Waals surface area contributed by atoms with E-state index in [0.29, 0.717) is 0 Å². The number of rotatable bonds is 3. The van der Waals surface area contributed by atoms with Crippen molar-refractivity contribution in [1.29, 1.82) is 0 Å². The molecule has 1 N–H and O–H groups in total. The molecule has 0 aliphatic rings. The molecule has 20 heavy (non-hydrogen) atoms. The third kappa shape index (κ3) is 3.71. The van der Waals surface area contributed by atoms with E-state index in [2.05, 4.69) is 15.0 Å². The Morgan fingerprint density at radius 3 is 2.05 bits per heavy atom. The predicted octanol–water partition coefficient (Wildman–Crippen LogP) is 4.71. The lowest BCUT2D eigenvalue weighted by atomic mass is 10.3. The van der Waals surface area contributed by atoms with Crippen molar-refractivity contribution in [3.63, 3.8) is 0 Å². The number of phenolic OH excluding ortho intramolecular Hbond substituents is 1. The zero-order valence-electron chi connectivity index (χ0n) is 10.0. The first kappa shape index (κ1) is 13.9. The van der Waals surface area contributed by atoms with Crippen LogP contribution in [0.4, 0.5) is 24.5 Å². The lowest BCUT2D eigenvalue weighted by molar-refractivity contribution is -0.274. The average Bonchev–Trinajstić information content (AvgIpc) is 2.37. The summed E-state index contributed by atoms with van der Waals surface area (Å²) in [5.41, 5.74) is 0.0578. The van der Waals surface area contributed by atoms with Gasteiger partial charge in [-0.05, 0) is 24.3 Å². The molecule has 104 valence electrons. The van der Waals surface area contributed by atoms with Crippen molar-refractivity contribution >= 4 is 11.4 Å². The van der Waals surface area contributed by atoms with Gasteiger partial charge in [0.1, 0.15) is 17.1 Å². The van der Waals surface area contributed by atoms with Gasteiger partial charge in [-0.2, -0.15) is 0 Å². The van der Waals surface area contributed by atoms with E-state index in [-0.39, 0.29) is 17.1 Å². The molecule has 0 amide bonds. The van der Waals surface area contributed by atoms with Crippen LogP contribution in [0, 0.1) is 0 Å². The Kier molecular flexibility index (Phi) is 3.88. The number of alkyl halides is 3. The van der Waals surface area contributed by atoms with Gasteiger partial charge >= 0.3 is 6.36 Å². The fourth-order valence-electron chi connectivity index (χ4n) is 1.41. The number of hydrogen-bond donors (Lipinski definition) is 1. The summed E-state index contributed by atoms with van der Waals surface area (Å²) in [7, 11) is 0. The molecule has 0 spiro atoms. The van der Waals surface area contributed by atoms with Crippen molar-refractivity contribution < 1.29 is 23.0 Å². The summed E-state index contributed by atoms with van der Waals surface area (Å²) in [6.07, 6.45) is -4.81. The third-order valence-corrected chi connectivity index (χ3v) is 2.24. The van der Waals surface area contributed by atoms with Crippen LogP contribution in [-0.2, 0) is 0 Å². The number of phenols is 1. The minimum absolute atomic E-state index is 0.0897. The molecule has 0 atom stereocenters. The molecular formula is C13H9F3N2O2. The highest BCUT2D eigenvalue weighted by Gasteiger charge is 2.32. The van der Waals surface area contributed by atoms with E-state index in [0.717, 1.165) is 6.07 Å². The van der Waals surface area contributed by atoms with Crippen molar-refractivity contribution in [3.05, 3.63) is 48.5 Å². The van der Waals surface area contributed by atoms with Crippen LogP contribution < -0.4 is 4.74 Å². The van der Waals surface area contributed by atoms with Gasteiger partial charge in [-0.25, -0.2) is 0 Å². The van der Waals surface area contributed by atoms with Crippen molar-refractivity contribution in [2.24, 2.45) is 10.2 Å². The summed E-state index contributed by atoms with van der Waals surface area (Å²) in [5.74, 6) is -0.579. The van der Waals surface area contributed by atoms with Gasteiger partial charge in [0.25, 0.3) is 0 Å². The second kappa shape index (κ2) is 5.60. The van der Waals surface area contributed by atoms with Crippen LogP contribution in [0.3, 0.4) is 0 Å². The summed E-state index contributed by atoms with van der Waals surface area (Å²) in [6.45, 7) is 0. The van der Waals surface area contributed by atoms with Gasteiger partial charge in [0.15, 0.2) is 5.75 Å². The third-order valence-electron chi connectivity index (χ3n) is 2.24. The van der Waals surface area contributed by atoms with Gasteiger partial charge in [-0.1, -0.05) is 24.3 Å². The van der Waals surface area contributed by atoms with Crippen LogP contribution in [-0.4, -0.2) is 11.5 Å². The molecule has 0 aliphatic carbocycles. The first-order chi connectivity index (χ1) is 9.46. The number of azo groups is 1. The molecule has 7 heteroatoms. The molecule has 0 fully saturated rings. The van der Waals surface area contributed by atoms with Crippen LogP contribution in [0.1, 0.15) is 0 Å². The molecule has 2 aromatic rings. The molecule has 2 rings (SSSR count). The first-order valence-corrected chi connectivity index (χ1v) is 5.50. The standard InChI is InChI=1S/C13H9F3N2O2/c14-13(15,16)20-12-8-4-2-6-10(12)18-17-9-5-1-3-7-11(9)19/h1-8,19H/b18-17+. The monoisotopic (exact) mass is 282 g/mol. The molecule has 0 bridgehead atoms. The summed E-state index contributed by atoms with van der Waals surface area (Å²) in [4.78, 5) is 0. The fraction of sp³-hybridized carbons (Fsp3) is 0.0769.